The molecular formula is C19H16F2N2OS. The maximum Gasteiger partial charge on any atom is 0.262 e. The van der Waals surface area contributed by atoms with Crippen molar-refractivity contribution in [1.29, 1.82) is 0 Å². The molecule has 0 bridgehead atoms. The maximum atomic E-state index is 14.1. The molecule has 25 heavy (non-hydrogen) atoms. The summed E-state index contributed by atoms with van der Waals surface area (Å²) in [5, 5.41) is 0.889. The molecule has 0 aliphatic heterocycles. The molecule has 1 aromatic heterocycles. The number of hydrogen-bond acceptors (Lipinski definition) is 3. The molecule has 0 N–H and O–H groups in total. The van der Waals surface area contributed by atoms with E-state index in [0.29, 0.717) is 21.6 Å². The Hall–Kier alpha value is -2.21. The Kier molecular flexibility index (Phi) is 4.07. The first-order chi connectivity index (χ1) is 12.0. The monoisotopic (exact) mass is 358 g/mol. The minimum Gasteiger partial charge on any atom is -0.284 e. The molecular weight excluding hydrogens is 342 g/mol. The van der Waals surface area contributed by atoms with Crippen LogP contribution in [0.5, 0.6) is 0 Å². The molecule has 1 aliphatic carbocycles. The van der Waals surface area contributed by atoms with Gasteiger partial charge < -0.3 is 0 Å². The van der Waals surface area contributed by atoms with Crippen LogP contribution in [0.3, 0.4) is 0 Å². The molecule has 1 aliphatic rings. The van der Waals surface area contributed by atoms with Gasteiger partial charge in [-0.3, -0.25) is 9.36 Å². The highest BCUT2D eigenvalue weighted by Gasteiger charge is 2.29. The predicted molar refractivity (Wildman–Crippen MR) is 94.9 cm³/mol. The molecule has 6 heteroatoms. The van der Waals surface area contributed by atoms with Crippen LogP contribution >= 0.6 is 11.8 Å². The van der Waals surface area contributed by atoms with E-state index in [1.165, 1.54) is 23.9 Å². The van der Waals surface area contributed by atoms with Gasteiger partial charge in [0.15, 0.2) is 5.16 Å². The number of aromatic nitrogens is 2. The first-order valence-corrected chi connectivity index (χ1v) is 9.05. The number of hydrogen-bond donors (Lipinski definition) is 0. The van der Waals surface area contributed by atoms with Crippen molar-refractivity contribution in [2.24, 2.45) is 0 Å². The summed E-state index contributed by atoms with van der Waals surface area (Å²) < 4.78 is 28.9. The number of para-hydroxylation sites is 1. The second kappa shape index (κ2) is 6.26. The van der Waals surface area contributed by atoms with Crippen LogP contribution in [0.25, 0.3) is 10.9 Å². The second-order valence-corrected chi connectivity index (χ2v) is 7.55. The van der Waals surface area contributed by atoms with Crippen LogP contribution < -0.4 is 5.56 Å². The van der Waals surface area contributed by atoms with Crippen molar-refractivity contribution in [2.45, 2.75) is 36.2 Å². The first-order valence-electron chi connectivity index (χ1n) is 8.17. The Bertz CT molecular complexity index is 1010. The summed E-state index contributed by atoms with van der Waals surface area (Å²) in [4.78, 5) is 17.5. The SMILES string of the molecule is CC(Sc1nc2ccccc2c(=O)n1C1CC1)c1ccc(F)cc1F. The van der Waals surface area contributed by atoms with Crippen molar-refractivity contribution in [2.75, 3.05) is 0 Å². The van der Waals surface area contributed by atoms with Gasteiger partial charge in [-0.2, -0.15) is 0 Å². The fourth-order valence-corrected chi connectivity index (χ4v) is 4.05. The van der Waals surface area contributed by atoms with E-state index < -0.39 is 11.6 Å². The Balaban J connectivity index is 1.78. The lowest BCUT2D eigenvalue weighted by molar-refractivity contribution is 0.572. The molecule has 0 spiro atoms. The van der Waals surface area contributed by atoms with Gasteiger partial charge in [0.05, 0.1) is 10.9 Å². The summed E-state index contributed by atoms with van der Waals surface area (Å²) in [6.07, 6.45) is 1.90. The van der Waals surface area contributed by atoms with E-state index in [1.807, 2.05) is 19.1 Å². The van der Waals surface area contributed by atoms with Gasteiger partial charge in [0.2, 0.25) is 0 Å². The number of thioether (sulfide) groups is 1. The highest BCUT2D eigenvalue weighted by Crippen LogP contribution is 2.41. The standard InChI is InChI=1S/C19H16F2N2OS/c1-11(14-9-6-12(20)10-16(14)21)25-19-22-17-5-3-2-4-15(17)18(24)23(19)13-7-8-13/h2-6,9-11,13H,7-8H2,1H3. The van der Waals surface area contributed by atoms with Crippen molar-refractivity contribution >= 4 is 22.7 Å². The van der Waals surface area contributed by atoms with Crippen LogP contribution in [-0.2, 0) is 0 Å². The first kappa shape index (κ1) is 16.3. The van der Waals surface area contributed by atoms with Gasteiger partial charge in [-0.15, -0.1) is 0 Å². The Morgan fingerprint density at radius 1 is 1.20 bits per heavy atom. The molecule has 1 unspecified atom stereocenters. The summed E-state index contributed by atoms with van der Waals surface area (Å²) in [6, 6.07) is 11.0. The summed E-state index contributed by atoms with van der Waals surface area (Å²) in [5.74, 6) is -1.18. The molecule has 128 valence electrons. The van der Waals surface area contributed by atoms with E-state index in [0.717, 1.165) is 18.9 Å². The molecule has 0 radical (unpaired) electrons. The Morgan fingerprint density at radius 2 is 1.96 bits per heavy atom. The predicted octanol–water partition coefficient (Wildman–Crippen LogP) is 4.86. The number of fused-ring (bicyclic) bond motifs is 1. The van der Waals surface area contributed by atoms with Crippen LogP contribution in [0.1, 0.15) is 36.6 Å². The lowest BCUT2D eigenvalue weighted by Gasteiger charge is -2.16. The van der Waals surface area contributed by atoms with Gasteiger partial charge in [-0.25, -0.2) is 13.8 Å². The molecule has 1 saturated carbocycles. The maximum absolute atomic E-state index is 14.1. The average molecular weight is 358 g/mol. The van der Waals surface area contributed by atoms with Gasteiger partial charge in [0.25, 0.3) is 5.56 Å². The van der Waals surface area contributed by atoms with Crippen molar-refractivity contribution in [3.8, 4) is 0 Å². The van der Waals surface area contributed by atoms with E-state index in [1.54, 1.807) is 16.7 Å². The van der Waals surface area contributed by atoms with Gasteiger partial charge >= 0.3 is 0 Å². The molecule has 3 aromatic rings. The van der Waals surface area contributed by atoms with Crippen molar-refractivity contribution in [1.82, 2.24) is 9.55 Å². The fraction of sp³-hybridized carbons (Fsp3) is 0.263. The highest BCUT2D eigenvalue weighted by molar-refractivity contribution is 7.99. The van der Waals surface area contributed by atoms with Crippen LogP contribution in [0.2, 0.25) is 0 Å². The zero-order chi connectivity index (χ0) is 17.6. The fourth-order valence-electron chi connectivity index (χ4n) is 2.92. The van der Waals surface area contributed by atoms with Gasteiger partial charge in [-0.05, 0) is 38.0 Å². The molecule has 0 amide bonds. The summed E-state index contributed by atoms with van der Waals surface area (Å²) >= 11 is 1.33. The van der Waals surface area contributed by atoms with E-state index in [-0.39, 0.29) is 16.9 Å². The van der Waals surface area contributed by atoms with Crippen LogP contribution in [0, 0.1) is 11.6 Å². The van der Waals surface area contributed by atoms with Gasteiger partial charge in [0, 0.05) is 22.9 Å². The summed E-state index contributed by atoms with van der Waals surface area (Å²) in [5.41, 5.74) is 0.984. The molecule has 4 rings (SSSR count). The van der Waals surface area contributed by atoms with E-state index >= 15 is 0 Å². The quantitative estimate of drug-likeness (QED) is 0.493. The number of rotatable bonds is 4. The van der Waals surface area contributed by atoms with Crippen molar-refractivity contribution < 1.29 is 8.78 Å². The summed E-state index contributed by atoms with van der Waals surface area (Å²) in [6.45, 7) is 1.83. The Morgan fingerprint density at radius 3 is 2.68 bits per heavy atom. The molecule has 1 atom stereocenters. The van der Waals surface area contributed by atoms with E-state index in [4.69, 9.17) is 0 Å². The Labute approximate surface area is 147 Å². The molecule has 3 nitrogen and oxygen atoms in total. The average Bonchev–Trinajstić information content (AvgIpc) is 3.39. The molecule has 1 fully saturated rings. The van der Waals surface area contributed by atoms with Crippen molar-refractivity contribution in [3.05, 3.63) is 70.0 Å². The zero-order valence-electron chi connectivity index (χ0n) is 13.6. The van der Waals surface area contributed by atoms with E-state index in [2.05, 4.69) is 4.98 Å². The van der Waals surface area contributed by atoms with Gasteiger partial charge in [0.1, 0.15) is 11.6 Å². The lowest BCUT2D eigenvalue weighted by Crippen LogP contribution is -2.22. The van der Waals surface area contributed by atoms with Crippen LogP contribution in [0.4, 0.5) is 8.78 Å². The topological polar surface area (TPSA) is 34.9 Å². The summed E-state index contributed by atoms with van der Waals surface area (Å²) in [7, 11) is 0. The highest BCUT2D eigenvalue weighted by atomic mass is 32.2. The zero-order valence-corrected chi connectivity index (χ0v) is 14.4. The minimum absolute atomic E-state index is 0.0534. The molecule has 0 saturated heterocycles. The normalized spacial score (nSPS) is 15.5. The number of benzene rings is 2. The largest absolute Gasteiger partial charge is 0.284 e. The van der Waals surface area contributed by atoms with Crippen LogP contribution in [0.15, 0.2) is 52.4 Å². The lowest BCUT2D eigenvalue weighted by atomic mass is 10.1. The second-order valence-electron chi connectivity index (χ2n) is 6.24. The molecule has 1 heterocycles. The third-order valence-corrected chi connectivity index (χ3v) is 5.48. The third kappa shape index (κ3) is 3.06. The minimum atomic E-state index is -0.600. The van der Waals surface area contributed by atoms with Crippen molar-refractivity contribution in [3.63, 3.8) is 0 Å². The van der Waals surface area contributed by atoms with E-state index in [9.17, 15) is 13.6 Å². The number of nitrogens with zero attached hydrogens (tertiary/aromatic N) is 2. The number of halogens is 2. The third-order valence-electron chi connectivity index (χ3n) is 4.37. The van der Waals surface area contributed by atoms with Gasteiger partial charge in [-0.1, -0.05) is 30.0 Å². The molecule has 2 aromatic carbocycles. The van der Waals surface area contributed by atoms with Crippen LogP contribution in [-0.4, -0.2) is 9.55 Å². The smallest absolute Gasteiger partial charge is 0.262 e.